The number of ketones is 1. The summed E-state index contributed by atoms with van der Waals surface area (Å²) in [5, 5.41) is 13.0. The Morgan fingerprint density at radius 1 is 0.853 bits per heavy atom. The van der Waals surface area contributed by atoms with Crippen LogP contribution in [0, 0.1) is 18.6 Å². The quantitative estimate of drug-likeness (QED) is 0.232. The Labute approximate surface area is 194 Å². The van der Waals surface area contributed by atoms with E-state index in [1.165, 1.54) is 6.07 Å². The highest BCUT2D eigenvalue weighted by molar-refractivity contribution is 6.51. The van der Waals surface area contributed by atoms with Crippen LogP contribution in [0.25, 0.3) is 16.5 Å². The predicted molar refractivity (Wildman–Crippen MR) is 126 cm³/mol. The Balaban J connectivity index is 1.80. The lowest BCUT2D eigenvalue weighted by Crippen LogP contribution is -2.30. The van der Waals surface area contributed by atoms with Crippen LogP contribution in [0.1, 0.15) is 22.7 Å². The Kier molecular flexibility index (Phi) is 5.21. The second-order valence-corrected chi connectivity index (χ2v) is 8.15. The molecule has 34 heavy (non-hydrogen) atoms. The second-order valence-electron chi connectivity index (χ2n) is 8.15. The van der Waals surface area contributed by atoms with E-state index in [0.717, 1.165) is 28.0 Å². The number of hydrogen-bond acceptors (Lipinski definition) is 3. The summed E-state index contributed by atoms with van der Waals surface area (Å²) in [6.45, 7) is 1.82. The third-order valence-electron chi connectivity index (χ3n) is 6.15. The SMILES string of the molecule is Cc1ccccc1C1/C(=C(\O)c2cccc3ccccc23)C(=O)C(=O)N1c1ccc(F)c(F)c1. The minimum absolute atomic E-state index is 0.0197. The van der Waals surface area contributed by atoms with E-state index in [1.807, 2.05) is 49.4 Å². The number of nitrogens with zero attached hydrogens (tertiary/aromatic N) is 1. The Bertz CT molecular complexity index is 1500. The van der Waals surface area contributed by atoms with Crippen LogP contribution in [-0.2, 0) is 9.59 Å². The first kappa shape index (κ1) is 21.5. The molecular weight excluding hydrogens is 436 g/mol. The van der Waals surface area contributed by atoms with Crippen LogP contribution in [0.2, 0.25) is 0 Å². The van der Waals surface area contributed by atoms with Crippen molar-refractivity contribution in [1.82, 2.24) is 0 Å². The van der Waals surface area contributed by atoms with Gasteiger partial charge in [0.15, 0.2) is 11.6 Å². The Hall–Kier alpha value is -4.32. The van der Waals surface area contributed by atoms with Gasteiger partial charge in [0.2, 0.25) is 0 Å². The molecule has 4 aromatic rings. The van der Waals surface area contributed by atoms with Gasteiger partial charge in [-0.3, -0.25) is 14.5 Å². The Morgan fingerprint density at radius 2 is 1.56 bits per heavy atom. The topological polar surface area (TPSA) is 57.6 Å². The number of aryl methyl sites for hydroxylation is 1. The minimum Gasteiger partial charge on any atom is -0.507 e. The smallest absolute Gasteiger partial charge is 0.300 e. The summed E-state index contributed by atoms with van der Waals surface area (Å²) in [5.74, 6) is -4.36. The zero-order valence-corrected chi connectivity index (χ0v) is 18.1. The van der Waals surface area contributed by atoms with Gasteiger partial charge in [-0.2, -0.15) is 0 Å². The zero-order valence-electron chi connectivity index (χ0n) is 18.1. The second kappa shape index (κ2) is 8.23. The number of aliphatic hydroxyl groups is 1. The van der Waals surface area contributed by atoms with E-state index in [-0.39, 0.29) is 17.0 Å². The van der Waals surface area contributed by atoms with Gasteiger partial charge < -0.3 is 5.11 Å². The van der Waals surface area contributed by atoms with Crippen LogP contribution in [0.15, 0.2) is 90.5 Å². The third kappa shape index (κ3) is 3.35. The monoisotopic (exact) mass is 455 g/mol. The van der Waals surface area contributed by atoms with Crippen molar-refractivity contribution in [1.29, 1.82) is 0 Å². The van der Waals surface area contributed by atoms with E-state index in [9.17, 15) is 23.5 Å². The number of anilines is 1. The lowest BCUT2D eigenvalue weighted by molar-refractivity contribution is -0.132. The third-order valence-corrected chi connectivity index (χ3v) is 6.15. The van der Waals surface area contributed by atoms with Gasteiger partial charge in [0.25, 0.3) is 11.7 Å². The molecule has 1 saturated heterocycles. The lowest BCUT2D eigenvalue weighted by atomic mass is 9.91. The van der Waals surface area contributed by atoms with Gasteiger partial charge in [-0.25, -0.2) is 8.78 Å². The summed E-state index contributed by atoms with van der Waals surface area (Å²) in [6.07, 6.45) is 0. The van der Waals surface area contributed by atoms with E-state index in [2.05, 4.69) is 0 Å². The van der Waals surface area contributed by atoms with Gasteiger partial charge in [0.05, 0.1) is 11.6 Å². The summed E-state index contributed by atoms with van der Waals surface area (Å²) in [6, 6.07) is 21.8. The van der Waals surface area contributed by atoms with Crippen molar-refractivity contribution < 1.29 is 23.5 Å². The maximum Gasteiger partial charge on any atom is 0.300 e. The molecule has 0 saturated carbocycles. The largest absolute Gasteiger partial charge is 0.507 e. The van der Waals surface area contributed by atoms with Gasteiger partial charge in [-0.15, -0.1) is 0 Å². The molecule has 1 unspecified atom stereocenters. The van der Waals surface area contributed by atoms with Crippen LogP contribution in [-0.4, -0.2) is 16.8 Å². The van der Waals surface area contributed by atoms with E-state index in [4.69, 9.17) is 0 Å². The zero-order chi connectivity index (χ0) is 24.0. The maximum absolute atomic E-state index is 14.1. The van der Waals surface area contributed by atoms with Crippen molar-refractivity contribution in [2.24, 2.45) is 0 Å². The van der Waals surface area contributed by atoms with E-state index >= 15 is 0 Å². The molecule has 4 nitrogen and oxygen atoms in total. The highest BCUT2D eigenvalue weighted by Crippen LogP contribution is 2.44. The van der Waals surface area contributed by atoms with Crippen molar-refractivity contribution >= 4 is 33.9 Å². The highest BCUT2D eigenvalue weighted by atomic mass is 19.2. The van der Waals surface area contributed by atoms with Gasteiger partial charge in [-0.05, 0) is 41.0 Å². The molecule has 168 valence electrons. The van der Waals surface area contributed by atoms with Crippen molar-refractivity contribution in [3.8, 4) is 0 Å². The molecule has 5 rings (SSSR count). The van der Waals surface area contributed by atoms with E-state index in [0.29, 0.717) is 16.5 Å². The molecule has 1 heterocycles. The van der Waals surface area contributed by atoms with Gasteiger partial charge in [0, 0.05) is 17.3 Å². The first-order valence-electron chi connectivity index (χ1n) is 10.7. The van der Waals surface area contributed by atoms with Crippen LogP contribution < -0.4 is 4.90 Å². The molecule has 6 heteroatoms. The van der Waals surface area contributed by atoms with Gasteiger partial charge in [-0.1, -0.05) is 66.7 Å². The first-order valence-corrected chi connectivity index (χ1v) is 10.7. The number of carbonyl (C=O) groups excluding carboxylic acids is 2. The van der Waals surface area contributed by atoms with E-state index < -0.39 is 29.4 Å². The van der Waals surface area contributed by atoms with Gasteiger partial charge >= 0.3 is 0 Å². The molecule has 0 radical (unpaired) electrons. The molecule has 1 aliphatic rings. The summed E-state index contributed by atoms with van der Waals surface area (Å²) >= 11 is 0. The summed E-state index contributed by atoms with van der Waals surface area (Å²) in [5.41, 5.74) is 1.67. The summed E-state index contributed by atoms with van der Waals surface area (Å²) in [4.78, 5) is 27.6. The fraction of sp³-hybridized carbons (Fsp3) is 0.0714. The number of amides is 1. The van der Waals surface area contributed by atoms with E-state index in [1.54, 1.807) is 24.3 Å². The molecular formula is C28H19F2NO3. The van der Waals surface area contributed by atoms with Crippen LogP contribution >= 0.6 is 0 Å². The highest BCUT2D eigenvalue weighted by Gasteiger charge is 2.47. The predicted octanol–water partition coefficient (Wildman–Crippen LogP) is 6.05. The van der Waals surface area contributed by atoms with Crippen molar-refractivity contribution in [3.63, 3.8) is 0 Å². The fourth-order valence-electron chi connectivity index (χ4n) is 4.50. The number of benzene rings is 4. The molecule has 0 aliphatic carbocycles. The van der Waals surface area contributed by atoms with Crippen molar-refractivity contribution in [2.45, 2.75) is 13.0 Å². The number of halogens is 2. The average molecular weight is 455 g/mol. The number of aliphatic hydroxyl groups excluding tert-OH is 1. The molecule has 0 aromatic heterocycles. The summed E-state index contributed by atoms with van der Waals surface area (Å²) < 4.78 is 27.7. The molecule has 1 N–H and O–H groups in total. The first-order chi connectivity index (χ1) is 16.4. The number of Topliss-reactive ketones (excluding diaryl/α,β-unsaturated/α-hetero) is 1. The standard InChI is InChI=1S/C28H19F2NO3/c1-16-7-2-4-10-19(16)25-24(26(32)21-12-6-9-17-8-3-5-11-20(17)21)27(33)28(34)31(25)18-13-14-22(29)23(30)15-18/h2-15,25,32H,1H3/b26-24+. The molecule has 0 spiro atoms. The molecule has 1 aliphatic heterocycles. The molecule has 1 amide bonds. The van der Waals surface area contributed by atoms with Crippen molar-refractivity contribution in [2.75, 3.05) is 4.90 Å². The number of rotatable bonds is 3. The maximum atomic E-state index is 14.1. The summed E-state index contributed by atoms with van der Waals surface area (Å²) in [7, 11) is 0. The fourth-order valence-corrected chi connectivity index (χ4v) is 4.50. The van der Waals surface area contributed by atoms with Crippen LogP contribution in [0.4, 0.5) is 14.5 Å². The number of carbonyl (C=O) groups is 2. The molecule has 4 aromatic carbocycles. The number of fused-ring (bicyclic) bond motifs is 1. The normalized spacial score (nSPS) is 17.5. The Morgan fingerprint density at radius 3 is 2.32 bits per heavy atom. The van der Waals surface area contributed by atoms with Crippen molar-refractivity contribution in [3.05, 3.63) is 119 Å². The average Bonchev–Trinajstić information content (AvgIpc) is 3.10. The minimum atomic E-state index is -1.14. The van der Waals surface area contributed by atoms with Crippen LogP contribution in [0.5, 0.6) is 0 Å². The molecule has 1 fully saturated rings. The van der Waals surface area contributed by atoms with Crippen LogP contribution in [0.3, 0.4) is 0 Å². The molecule has 1 atom stereocenters. The number of hydrogen-bond donors (Lipinski definition) is 1. The lowest BCUT2D eigenvalue weighted by Gasteiger charge is -2.26. The molecule has 0 bridgehead atoms. The van der Waals surface area contributed by atoms with Gasteiger partial charge in [0.1, 0.15) is 5.76 Å².